The second kappa shape index (κ2) is 8.50. The molecule has 1 N–H and O–H groups in total. The van der Waals surface area contributed by atoms with Gasteiger partial charge in [-0.15, -0.1) is 0 Å². The zero-order chi connectivity index (χ0) is 18.4. The Kier molecular flexibility index (Phi) is 6.10. The van der Waals surface area contributed by atoms with Crippen molar-refractivity contribution < 1.29 is 9.53 Å². The average molecular weight is 351 g/mol. The lowest BCUT2D eigenvalue weighted by Crippen LogP contribution is -2.29. The molecule has 138 valence electrons. The van der Waals surface area contributed by atoms with Crippen molar-refractivity contribution in [2.24, 2.45) is 5.41 Å². The molecule has 3 rings (SSSR count). The zero-order valence-electron chi connectivity index (χ0n) is 15.8. The summed E-state index contributed by atoms with van der Waals surface area (Å²) in [7, 11) is 0. The average Bonchev–Trinajstić information content (AvgIpc) is 3.08. The van der Waals surface area contributed by atoms with E-state index in [1.165, 1.54) is 24.6 Å². The van der Waals surface area contributed by atoms with Crippen LogP contribution in [0.25, 0.3) is 10.8 Å². The van der Waals surface area contributed by atoms with Gasteiger partial charge in [0, 0.05) is 23.8 Å². The summed E-state index contributed by atoms with van der Waals surface area (Å²) in [4.78, 5) is 12.4. The first-order chi connectivity index (χ1) is 12.7. The summed E-state index contributed by atoms with van der Waals surface area (Å²) < 4.78 is 5.95. The number of hydrogen-bond acceptors (Lipinski definition) is 2. The predicted octanol–water partition coefficient (Wildman–Crippen LogP) is 5.71. The molecule has 1 heterocycles. The molecule has 1 amide bonds. The predicted molar refractivity (Wildman–Crippen MR) is 108 cm³/mol. The van der Waals surface area contributed by atoms with Crippen LogP contribution >= 0.6 is 0 Å². The summed E-state index contributed by atoms with van der Waals surface area (Å²) in [6.07, 6.45) is 9.40. The van der Waals surface area contributed by atoms with Crippen LogP contribution in [0.5, 0.6) is 0 Å². The fourth-order valence-corrected chi connectivity index (χ4v) is 3.94. The van der Waals surface area contributed by atoms with Gasteiger partial charge in [0.15, 0.2) is 0 Å². The van der Waals surface area contributed by atoms with Gasteiger partial charge in [-0.05, 0) is 48.2 Å². The molecule has 0 radical (unpaired) electrons. The van der Waals surface area contributed by atoms with E-state index in [4.69, 9.17) is 4.74 Å². The van der Waals surface area contributed by atoms with Crippen LogP contribution in [-0.2, 0) is 9.53 Å². The Balaban J connectivity index is 1.66. The van der Waals surface area contributed by atoms with Crippen LogP contribution in [-0.4, -0.2) is 18.6 Å². The molecule has 2 aromatic rings. The Morgan fingerprint density at radius 2 is 2.04 bits per heavy atom. The molecule has 2 unspecified atom stereocenters. The zero-order valence-corrected chi connectivity index (χ0v) is 15.8. The van der Waals surface area contributed by atoms with E-state index in [9.17, 15) is 4.79 Å². The van der Waals surface area contributed by atoms with Crippen molar-refractivity contribution in [3.05, 3.63) is 54.6 Å². The molecule has 3 heteroatoms. The Labute approximate surface area is 156 Å². The molecule has 1 aliphatic rings. The molecule has 1 aliphatic heterocycles. The molecule has 26 heavy (non-hydrogen) atoms. The van der Waals surface area contributed by atoms with Crippen molar-refractivity contribution in [2.75, 3.05) is 11.9 Å². The molecule has 1 saturated heterocycles. The van der Waals surface area contributed by atoms with Crippen LogP contribution in [0, 0.1) is 5.41 Å². The molecule has 0 bridgehead atoms. The van der Waals surface area contributed by atoms with Crippen molar-refractivity contribution in [3.63, 3.8) is 0 Å². The summed E-state index contributed by atoms with van der Waals surface area (Å²) in [6, 6.07) is 14.1. The first kappa shape index (κ1) is 18.7. The molecule has 2 aromatic carbocycles. The first-order valence-corrected chi connectivity index (χ1v) is 9.76. The molecule has 0 saturated carbocycles. The smallest absolute Gasteiger partial charge is 0.248 e. The van der Waals surface area contributed by atoms with Crippen LogP contribution in [0.1, 0.15) is 46.0 Å². The lowest BCUT2D eigenvalue weighted by molar-refractivity contribution is -0.112. The van der Waals surface area contributed by atoms with E-state index < -0.39 is 0 Å². The first-order valence-electron chi connectivity index (χ1n) is 9.76. The van der Waals surface area contributed by atoms with E-state index in [2.05, 4.69) is 31.3 Å². The fourth-order valence-electron chi connectivity index (χ4n) is 3.94. The standard InChI is InChI=1S/C23H29NO2/c1-3-5-14-23(4-2)15-16-26-21(23)12-13-22(25)24-20-11-10-18-8-6-7-9-19(18)17-20/h6-13,17,21H,3-5,14-16H2,1-2H3,(H,24,25)/b13-12+. The molecule has 3 nitrogen and oxygen atoms in total. The third kappa shape index (κ3) is 4.16. The van der Waals surface area contributed by atoms with E-state index in [0.29, 0.717) is 0 Å². The Morgan fingerprint density at radius 1 is 1.23 bits per heavy atom. The lowest BCUT2D eigenvalue weighted by Gasteiger charge is -2.31. The van der Waals surface area contributed by atoms with Crippen molar-refractivity contribution in [1.29, 1.82) is 0 Å². The molecular formula is C23H29NO2. The summed E-state index contributed by atoms with van der Waals surface area (Å²) in [5, 5.41) is 5.26. The van der Waals surface area contributed by atoms with Crippen molar-refractivity contribution in [2.45, 2.75) is 52.1 Å². The maximum absolute atomic E-state index is 12.4. The van der Waals surface area contributed by atoms with E-state index in [1.807, 2.05) is 36.4 Å². The van der Waals surface area contributed by atoms with Gasteiger partial charge in [-0.2, -0.15) is 0 Å². The number of fused-ring (bicyclic) bond motifs is 1. The maximum Gasteiger partial charge on any atom is 0.248 e. The highest BCUT2D eigenvalue weighted by Crippen LogP contribution is 2.43. The second-order valence-electron chi connectivity index (χ2n) is 7.27. The normalized spacial score (nSPS) is 22.9. The number of carbonyl (C=O) groups is 1. The third-order valence-electron chi connectivity index (χ3n) is 5.67. The van der Waals surface area contributed by atoms with E-state index in [-0.39, 0.29) is 17.4 Å². The third-order valence-corrected chi connectivity index (χ3v) is 5.67. The summed E-state index contributed by atoms with van der Waals surface area (Å²) in [5.41, 5.74) is 1.01. The van der Waals surface area contributed by atoms with Crippen molar-refractivity contribution in [1.82, 2.24) is 0 Å². The Hall–Kier alpha value is -2.13. The number of rotatable bonds is 7. The van der Waals surface area contributed by atoms with Crippen molar-refractivity contribution >= 4 is 22.4 Å². The van der Waals surface area contributed by atoms with Crippen LogP contribution in [0.15, 0.2) is 54.6 Å². The second-order valence-corrected chi connectivity index (χ2v) is 7.27. The number of nitrogens with one attached hydrogen (secondary N) is 1. The van der Waals surface area contributed by atoms with Crippen LogP contribution in [0.4, 0.5) is 5.69 Å². The highest BCUT2D eigenvalue weighted by molar-refractivity contribution is 6.00. The number of carbonyl (C=O) groups excluding carboxylic acids is 1. The molecule has 0 aromatic heterocycles. The monoisotopic (exact) mass is 351 g/mol. The van der Waals surface area contributed by atoms with Crippen LogP contribution in [0.2, 0.25) is 0 Å². The molecule has 0 spiro atoms. The number of unbranched alkanes of at least 4 members (excludes halogenated alkanes) is 1. The highest BCUT2D eigenvalue weighted by atomic mass is 16.5. The molecular weight excluding hydrogens is 322 g/mol. The minimum absolute atomic E-state index is 0.0430. The summed E-state index contributed by atoms with van der Waals surface area (Å²) in [6.45, 7) is 5.25. The van der Waals surface area contributed by atoms with Gasteiger partial charge >= 0.3 is 0 Å². The topological polar surface area (TPSA) is 38.3 Å². The largest absolute Gasteiger partial charge is 0.374 e. The quantitative estimate of drug-likeness (QED) is 0.649. The van der Waals surface area contributed by atoms with E-state index >= 15 is 0 Å². The number of amides is 1. The van der Waals surface area contributed by atoms with Gasteiger partial charge in [-0.3, -0.25) is 4.79 Å². The van der Waals surface area contributed by atoms with Gasteiger partial charge in [0.05, 0.1) is 6.10 Å². The molecule has 0 aliphatic carbocycles. The maximum atomic E-state index is 12.4. The Morgan fingerprint density at radius 3 is 2.81 bits per heavy atom. The number of benzene rings is 2. The van der Waals surface area contributed by atoms with E-state index in [1.54, 1.807) is 6.08 Å². The number of ether oxygens (including phenoxy) is 1. The number of anilines is 1. The van der Waals surface area contributed by atoms with Gasteiger partial charge in [0.25, 0.3) is 0 Å². The van der Waals surface area contributed by atoms with Gasteiger partial charge in [-0.1, -0.05) is 57.0 Å². The van der Waals surface area contributed by atoms with Gasteiger partial charge in [0.1, 0.15) is 0 Å². The van der Waals surface area contributed by atoms with Crippen LogP contribution in [0.3, 0.4) is 0 Å². The summed E-state index contributed by atoms with van der Waals surface area (Å²) >= 11 is 0. The molecule has 1 fully saturated rings. The fraction of sp³-hybridized carbons (Fsp3) is 0.435. The lowest BCUT2D eigenvalue weighted by atomic mass is 9.74. The molecule has 2 atom stereocenters. The Bertz CT molecular complexity index is 783. The number of hydrogen-bond donors (Lipinski definition) is 1. The minimum atomic E-state index is -0.101. The van der Waals surface area contributed by atoms with Gasteiger partial charge < -0.3 is 10.1 Å². The van der Waals surface area contributed by atoms with Crippen molar-refractivity contribution in [3.8, 4) is 0 Å². The van der Waals surface area contributed by atoms with Gasteiger partial charge in [-0.25, -0.2) is 0 Å². The SMILES string of the molecule is CCCCC1(CC)CCOC1/C=C/C(=O)Nc1ccc2ccccc2c1. The van der Waals surface area contributed by atoms with E-state index in [0.717, 1.165) is 30.5 Å². The van der Waals surface area contributed by atoms with Gasteiger partial charge in [0.2, 0.25) is 5.91 Å². The van der Waals surface area contributed by atoms with Crippen LogP contribution < -0.4 is 5.32 Å². The minimum Gasteiger partial charge on any atom is -0.374 e. The summed E-state index contributed by atoms with van der Waals surface area (Å²) in [5.74, 6) is -0.101. The highest BCUT2D eigenvalue weighted by Gasteiger charge is 2.40.